The lowest BCUT2D eigenvalue weighted by atomic mass is 9.46. The Morgan fingerprint density at radius 2 is 1.96 bits per heavy atom. The Labute approximate surface area is 145 Å². The van der Waals surface area contributed by atoms with E-state index in [9.17, 15) is 4.79 Å². The number of hydrogen-bond donors (Lipinski definition) is 0. The molecule has 0 unspecified atom stereocenters. The molecule has 0 aromatic rings. The molecule has 126 valence electrons. The molecule has 0 bridgehead atoms. The van der Waals surface area contributed by atoms with Gasteiger partial charge in [-0.25, -0.2) is 0 Å². The summed E-state index contributed by atoms with van der Waals surface area (Å²) in [7, 11) is 0. The zero-order valence-electron chi connectivity index (χ0n) is 14.7. The van der Waals surface area contributed by atoms with Crippen LogP contribution in [0, 0.1) is 34.5 Å². The van der Waals surface area contributed by atoms with E-state index in [-0.39, 0.29) is 5.41 Å². The van der Waals surface area contributed by atoms with E-state index in [1.807, 2.05) is 0 Å². The normalized spacial score (nSPS) is 49.1. The van der Waals surface area contributed by atoms with Crippen molar-refractivity contribution < 1.29 is 4.79 Å². The summed E-state index contributed by atoms with van der Waals surface area (Å²) >= 11 is 6.61. The Kier molecular flexibility index (Phi) is 3.61. The molecule has 4 rings (SSSR count). The summed E-state index contributed by atoms with van der Waals surface area (Å²) in [6.07, 6.45) is 12.4. The predicted octanol–water partition coefficient (Wildman–Crippen LogP) is 5.89. The van der Waals surface area contributed by atoms with Crippen LogP contribution >= 0.6 is 11.6 Å². The Morgan fingerprint density at radius 3 is 2.70 bits per heavy atom. The second kappa shape index (κ2) is 5.22. The molecule has 3 fully saturated rings. The largest absolute Gasteiger partial charge is 0.298 e. The summed E-state index contributed by atoms with van der Waals surface area (Å²) in [4.78, 5) is 11.4. The van der Waals surface area contributed by atoms with Gasteiger partial charge in [0.1, 0.15) is 0 Å². The average Bonchev–Trinajstić information content (AvgIpc) is 2.79. The van der Waals surface area contributed by atoms with Crippen LogP contribution in [0.3, 0.4) is 0 Å². The highest BCUT2D eigenvalue weighted by molar-refractivity contribution is 6.33. The first-order valence-corrected chi connectivity index (χ1v) is 9.85. The number of hydrogen-bond acceptors (Lipinski definition) is 1. The van der Waals surface area contributed by atoms with Crippen LogP contribution in [0.15, 0.2) is 22.3 Å². The van der Waals surface area contributed by atoms with Crippen molar-refractivity contribution in [1.29, 1.82) is 0 Å². The molecule has 0 aromatic carbocycles. The highest BCUT2D eigenvalue weighted by Gasteiger charge is 2.56. The molecule has 6 atom stereocenters. The van der Waals surface area contributed by atoms with E-state index in [2.05, 4.69) is 26.8 Å². The summed E-state index contributed by atoms with van der Waals surface area (Å²) in [5.41, 5.74) is 2.69. The average molecular weight is 333 g/mol. The van der Waals surface area contributed by atoms with Gasteiger partial charge < -0.3 is 0 Å². The van der Waals surface area contributed by atoms with Gasteiger partial charge in [-0.05, 0) is 67.6 Å². The summed E-state index contributed by atoms with van der Waals surface area (Å²) in [5.74, 6) is 3.26. The summed E-state index contributed by atoms with van der Waals surface area (Å²) in [5, 5.41) is 0.811. The Bertz CT molecular complexity index is 603. The maximum atomic E-state index is 11.4. The van der Waals surface area contributed by atoms with Crippen molar-refractivity contribution in [3.05, 3.63) is 22.3 Å². The van der Waals surface area contributed by atoms with Gasteiger partial charge in [-0.1, -0.05) is 50.4 Å². The van der Waals surface area contributed by atoms with Gasteiger partial charge in [-0.3, -0.25) is 4.79 Å². The first-order valence-electron chi connectivity index (χ1n) is 9.47. The third-order valence-corrected chi connectivity index (χ3v) is 8.76. The molecule has 0 aliphatic heterocycles. The second-order valence-corrected chi connectivity index (χ2v) is 9.61. The fourth-order valence-electron chi connectivity index (χ4n) is 6.65. The molecule has 4 aliphatic carbocycles. The first kappa shape index (κ1) is 15.9. The highest BCUT2D eigenvalue weighted by atomic mass is 35.5. The van der Waals surface area contributed by atoms with Crippen molar-refractivity contribution in [2.24, 2.45) is 34.5 Å². The maximum Gasteiger partial charge on any atom is 0.151 e. The molecular weight excluding hydrogens is 304 g/mol. The quantitative estimate of drug-likeness (QED) is 0.547. The number of carbonyl (C=O) groups excluding carboxylic acids is 1. The van der Waals surface area contributed by atoms with Gasteiger partial charge in [-0.2, -0.15) is 0 Å². The molecule has 3 saturated carbocycles. The van der Waals surface area contributed by atoms with Gasteiger partial charge in [-0.15, -0.1) is 0 Å². The van der Waals surface area contributed by atoms with Crippen molar-refractivity contribution in [3.8, 4) is 0 Å². The van der Waals surface area contributed by atoms with E-state index >= 15 is 0 Å². The standard InChI is InChI=1S/C21H29ClO/c1-13-6-8-20(2)15(10-13)4-5-16-17(20)7-9-21(3)18(16)11-14(12-23)19(21)22/h11-13,15-17H,4-10H2,1-3H3/t13-,15-,16+,17-,20-,21-/m0/s1. The first-order chi connectivity index (χ1) is 10.9. The zero-order valence-corrected chi connectivity index (χ0v) is 15.5. The third-order valence-electron chi connectivity index (χ3n) is 8.12. The number of carbonyl (C=O) groups is 1. The molecule has 23 heavy (non-hydrogen) atoms. The predicted molar refractivity (Wildman–Crippen MR) is 95.2 cm³/mol. The van der Waals surface area contributed by atoms with E-state index in [1.165, 1.54) is 44.1 Å². The van der Waals surface area contributed by atoms with E-state index in [0.29, 0.717) is 11.3 Å². The van der Waals surface area contributed by atoms with Gasteiger partial charge in [0.05, 0.1) is 0 Å². The molecule has 0 aromatic heterocycles. The number of allylic oxidation sites excluding steroid dienone is 4. The molecule has 1 nitrogen and oxygen atoms in total. The van der Waals surface area contributed by atoms with Crippen molar-refractivity contribution in [1.82, 2.24) is 0 Å². The number of rotatable bonds is 1. The fraction of sp³-hybridized carbons (Fsp3) is 0.762. The van der Waals surface area contributed by atoms with Crippen molar-refractivity contribution in [2.75, 3.05) is 0 Å². The molecule has 0 spiro atoms. The van der Waals surface area contributed by atoms with Crippen LogP contribution in [0.5, 0.6) is 0 Å². The minimum atomic E-state index is -0.0515. The molecule has 0 N–H and O–H groups in total. The lowest BCUT2D eigenvalue weighted by Gasteiger charge is -2.59. The van der Waals surface area contributed by atoms with Crippen LogP contribution in [0.1, 0.15) is 65.7 Å². The van der Waals surface area contributed by atoms with Crippen molar-refractivity contribution in [3.63, 3.8) is 0 Å². The zero-order chi connectivity index (χ0) is 16.4. The Morgan fingerprint density at radius 1 is 1.17 bits per heavy atom. The van der Waals surface area contributed by atoms with Gasteiger partial charge >= 0.3 is 0 Å². The minimum absolute atomic E-state index is 0.0515. The molecule has 0 radical (unpaired) electrons. The van der Waals surface area contributed by atoms with E-state index < -0.39 is 0 Å². The summed E-state index contributed by atoms with van der Waals surface area (Å²) in [6.45, 7) is 7.28. The van der Waals surface area contributed by atoms with Gasteiger partial charge in [0.15, 0.2) is 6.29 Å². The van der Waals surface area contributed by atoms with Gasteiger partial charge in [0, 0.05) is 16.0 Å². The summed E-state index contributed by atoms with van der Waals surface area (Å²) in [6, 6.07) is 0. The molecular formula is C21H29ClO. The van der Waals surface area contributed by atoms with Crippen LogP contribution in [-0.4, -0.2) is 6.29 Å². The lowest BCUT2D eigenvalue weighted by Crippen LogP contribution is -2.50. The third kappa shape index (κ3) is 2.08. The Balaban J connectivity index is 1.69. The monoisotopic (exact) mass is 332 g/mol. The molecule has 0 saturated heterocycles. The molecule has 0 heterocycles. The van der Waals surface area contributed by atoms with Crippen molar-refractivity contribution >= 4 is 17.9 Å². The van der Waals surface area contributed by atoms with Crippen LogP contribution < -0.4 is 0 Å². The van der Waals surface area contributed by atoms with Gasteiger partial charge in [0.25, 0.3) is 0 Å². The second-order valence-electron chi connectivity index (χ2n) is 9.23. The highest BCUT2D eigenvalue weighted by Crippen LogP contribution is 2.66. The van der Waals surface area contributed by atoms with Crippen LogP contribution in [0.2, 0.25) is 0 Å². The minimum Gasteiger partial charge on any atom is -0.298 e. The van der Waals surface area contributed by atoms with Gasteiger partial charge in [0.2, 0.25) is 0 Å². The number of halogens is 1. The summed E-state index contributed by atoms with van der Waals surface area (Å²) < 4.78 is 0. The van der Waals surface area contributed by atoms with Crippen LogP contribution in [0.25, 0.3) is 0 Å². The molecule has 2 heteroatoms. The number of aldehydes is 1. The molecule has 4 aliphatic rings. The smallest absolute Gasteiger partial charge is 0.151 e. The SMILES string of the molecule is C[C@H]1CC[C@@]2(C)[C@@H](CC[C@H]3C4=CC(C=O)=C(Cl)[C@@]4(C)CC[C@@H]32)C1. The van der Waals surface area contributed by atoms with E-state index in [0.717, 1.165) is 41.1 Å². The fourth-order valence-corrected chi connectivity index (χ4v) is 6.95. The van der Waals surface area contributed by atoms with E-state index in [4.69, 9.17) is 11.6 Å². The Hall–Kier alpha value is -0.560. The number of fused-ring (bicyclic) bond motifs is 5. The van der Waals surface area contributed by atoms with Crippen LogP contribution in [-0.2, 0) is 4.79 Å². The van der Waals surface area contributed by atoms with Crippen molar-refractivity contribution in [2.45, 2.75) is 65.7 Å². The molecule has 0 amide bonds. The lowest BCUT2D eigenvalue weighted by molar-refractivity contribution is -0.104. The maximum absolute atomic E-state index is 11.4. The van der Waals surface area contributed by atoms with E-state index in [1.54, 1.807) is 0 Å². The van der Waals surface area contributed by atoms with Crippen LogP contribution in [0.4, 0.5) is 0 Å². The topological polar surface area (TPSA) is 17.1 Å².